The van der Waals surface area contributed by atoms with Crippen molar-refractivity contribution >= 4 is 26.2 Å². The molecule has 0 aliphatic carbocycles. The third kappa shape index (κ3) is 5.17. The number of rotatable bonds is 9. The van der Waals surface area contributed by atoms with Gasteiger partial charge >= 0.3 is 0 Å². The van der Waals surface area contributed by atoms with E-state index in [0.29, 0.717) is 6.42 Å². The summed E-state index contributed by atoms with van der Waals surface area (Å²) < 4.78 is 21.1. The van der Waals surface area contributed by atoms with E-state index in [0.717, 1.165) is 36.2 Å². The van der Waals surface area contributed by atoms with Crippen LogP contribution in [0.2, 0.25) is 18.6 Å². The molecule has 3 rings (SSSR count). The fourth-order valence-corrected chi connectivity index (χ4v) is 7.36. The van der Waals surface area contributed by atoms with Crippen LogP contribution in [-0.4, -0.2) is 38.7 Å². The van der Waals surface area contributed by atoms with Crippen molar-refractivity contribution in [2.45, 2.75) is 57.0 Å². The van der Waals surface area contributed by atoms with Crippen LogP contribution >= 0.6 is 0 Å². The van der Waals surface area contributed by atoms with E-state index < -0.39 is 8.41 Å². The van der Waals surface area contributed by atoms with Gasteiger partial charge < -0.3 is 14.0 Å². The summed E-state index contributed by atoms with van der Waals surface area (Å²) >= 11 is 0. The molecule has 0 bridgehead atoms. The van der Waals surface area contributed by atoms with Crippen LogP contribution in [-0.2, 0) is 16.0 Å². The summed E-state index contributed by atoms with van der Waals surface area (Å²) in [6, 6.07) is 17.5. The fraction of sp³-hybridized carbons (Fsp3) is 0.458. The Morgan fingerprint density at radius 3 is 2.23 bits per heavy atom. The molecule has 6 heteroatoms. The second-order valence-corrected chi connectivity index (χ2v) is 12.5. The third-order valence-electron chi connectivity index (χ3n) is 6.18. The number of carbonyl (C=O) groups is 1. The maximum atomic E-state index is 14.9. The lowest BCUT2D eigenvalue weighted by Gasteiger charge is -2.28. The molecule has 0 radical (unpaired) electrons. The largest absolute Gasteiger partial charge is 0.396 e. The minimum Gasteiger partial charge on any atom is -0.396 e. The van der Waals surface area contributed by atoms with Crippen LogP contribution in [0.5, 0.6) is 0 Å². The molecule has 2 aromatic rings. The highest BCUT2D eigenvalue weighted by Crippen LogP contribution is 2.46. The first-order valence-electron chi connectivity index (χ1n) is 10.7. The molecule has 4 atom stereocenters. The summed E-state index contributed by atoms with van der Waals surface area (Å²) in [5, 5.41) is 9.35. The molecular weight excluding hydrogens is 397 g/mol. The quantitative estimate of drug-likeness (QED) is 0.337. The first-order valence-corrected chi connectivity index (χ1v) is 13.6. The van der Waals surface area contributed by atoms with Crippen molar-refractivity contribution < 1.29 is 18.7 Å². The van der Waals surface area contributed by atoms with Crippen molar-refractivity contribution in [3.63, 3.8) is 0 Å². The van der Waals surface area contributed by atoms with Gasteiger partial charge in [-0.25, -0.2) is 0 Å². The molecule has 1 aliphatic heterocycles. The Kier molecular flexibility index (Phi) is 7.44. The zero-order valence-corrected chi connectivity index (χ0v) is 19.0. The Bertz CT molecular complexity index is 809. The Morgan fingerprint density at radius 1 is 1.03 bits per heavy atom. The van der Waals surface area contributed by atoms with Gasteiger partial charge in [-0.2, -0.15) is 0 Å². The molecule has 4 nitrogen and oxygen atoms in total. The van der Waals surface area contributed by atoms with E-state index in [1.54, 1.807) is 18.0 Å². The molecule has 1 N–H and O–H groups in total. The normalized spacial score (nSPS) is 24.0. The molecular formula is C24H32FNO3Si. The van der Waals surface area contributed by atoms with E-state index in [1.807, 2.05) is 54.6 Å². The number of amides is 1. The number of hydrogen-bond acceptors (Lipinski definition) is 3. The highest BCUT2D eigenvalue weighted by molar-refractivity contribution is 6.72. The number of aliphatic hydroxyl groups is 1. The Morgan fingerprint density at radius 2 is 1.67 bits per heavy atom. The van der Waals surface area contributed by atoms with Crippen molar-refractivity contribution in [2.24, 2.45) is 5.92 Å². The molecule has 0 aromatic heterocycles. The van der Waals surface area contributed by atoms with Crippen molar-refractivity contribution in [1.29, 1.82) is 0 Å². The molecule has 0 saturated carbocycles. The number of ether oxygens (including phenoxy) is 1. The number of halogens is 1. The average Bonchev–Trinajstić information content (AvgIpc) is 3.04. The smallest absolute Gasteiger partial charge is 0.246 e. The van der Waals surface area contributed by atoms with E-state index in [1.165, 1.54) is 0 Å². The summed E-state index contributed by atoms with van der Waals surface area (Å²) in [6.07, 6.45) is 2.79. The molecule has 2 aromatic carbocycles. The molecule has 0 unspecified atom stereocenters. The number of nitrogens with zero attached hydrogens (tertiary/aromatic N) is 1. The zero-order chi connectivity index (χ0) is 21.7. The maximum Gasteiger partial charge on any atom is 0.246 e. The Labute approximate surface area is 179 Å². The van der Waals surface area contributed by atoms with Crippen molar-refractivity contribution in [1.82, 2.24) is 0 Å². The van der Waals surface area contributed by atoms with Gasteiger partial charge in [0.15, 0.2) is 0 Å². The monoisotopic (exact) mass is 429 g/mol. The number of para-hydroxylation sites is 1. The van der Waals surface area contributed by atoms with Gasteiger partial charge in [-0.15, -0.1) is 0 Å². The van der Waals surface area contributed by atoms with Gasteiger partial charge in [0.1, 0.15) is 0 Å². The standard InChI is InChI=1S/C24H32FNO3Si/c1-18-22(29-23(15-16-27)24(18)30(2,3)25)14-11-19-9-12-21(13-10-19)26(17-28)20-7-5-4-6-8-20/h4-10,12-13,17-18,22-24,27H,11,14-16H2,1-3H3/t18-,22+,23-,24+/m1/s1. The number of anilines is 2. The minimum atomic E-state index is -2.87. The van der Waals surface area contributed by atoms with Gasteiger partial charge in [-0.05, 0) is 68.1 Å². The minimum absolute atomic E-state index is 0.00421. The first-order chi connectivity index (χ1) is 14.3. The van der Waals surface area contributed by atoms with E-state index in [9.17, 15) is 14.0 Å². The van der Waals surface area contributed by atoms with Crippen LogP contribution in [0.15, 0.2) is 54.6 Å². The summed E-state index contributed by atoms with van der Waals surface area (Å²) in [4.78, 5) is 13.2. The summed E-state index contributed by atoms with van der Waals surface area (Å²) in [5.41, 5.74) is 2.72. The van der Waals surface area contributed by atoms with E-state index in [-0.39, 0.29) is 30.3 Å². The predicted octanol–water partition coefficient (Wildman–Crippen LogP) is 5.24. The molecule has 162 valence electrons. The van der Waals surface area contributed by atoms with Crippen LogP contribution in [0.3, 0.4) is 0 Å². The van der Waals surface area contributed by atoms with Gasteiger partial charge in [-0.3, -0.25) is 9.69 Å². The first kappa shape index (κ1) is 22.7. The molecule has 1 aliphatic rings. The second kappa shape index (κ2) is 9.86. The summed E-state index contributed by atoms with van der Waals surface area (Å²) in [7, 11) is -2.87. The highest BCUT2D eigenvalue weighted by Gasteiger charge is 2.50. The summed E-state index contributed by atoms with van der Waals surface area (Å²) in [5.74, 6) is 0.149. The summed E-state index contributed by atoms with van der Waals surface area (Å²) in [6.45, 7) is 5.61. The van der Waals surface area contributed by atoms with Gasteiger partial charge in [-0.1, -0.05) is 37.3 Å². The van der Waals surface area contributed by atoms with Gasteiger partial charge in [0.2, 0.25) is 14.8 Å². The molecule has 0 spiro atoms. The lowest BCUT2D eigenvalue weighted by molar-refractivity contribution is -0.106. The Hall–Kier alpha value is -2.02. The van der Waals surface area contributed by atoms with Gasteiger partial charge in [0.25, 0.3) is 0 Å². The fourth-order valence-electron chi connectivity index (χ4n) is 4.77. The topological polar surface area (TPSA) is 49.8 Å². The number of aliphatic hydroxyl groups excluding tert-OH is 1. The van der Waals surface area contributed by atoms with Crippen LogP contribution < -0.4 is 4.90 Å². The Balaban J connectivity index is 1.64. The van der Waals surface area contributed by atoms with E-state index in [4.69, 9.17) is 4.74 Å². The van der Waals surface area contributed by atoms with Crippen LogP contribution in [0, 0.1) is 5.92 Å². The van der Waals surface area contributed by atoms with Gasteiger partial charge in [0.05, 0.1) is 12.2 Å². The zero-order valence-electron chi connectivity index (χ0n) is 18.0. The molecule has 1 heterocycles. The van der Waals surface area contributed by atoms with E-state index >= 15 is 0 Å². The molecule has 1 saturated heterocycles. The lowest BCUT2D eigenvalue weighted by Crippen LogP contribution is -2.36. The average molecular weight is 430 g/mol. The van der Waals surface area contributed by atoms with Crippen molar-refractivity contribution in [3.8, 4) is 0 Å². The number of carbonyl (C=O) groups excluding carboxylic acids is 1. The predicted molar refractivity (Wildman–Crippen MR) is 121 cm³/mol. The number of aryl methyl sites for hydroxylation is 1. The molecule has 1 fully saturated rings. The van der Waals surface area contributed by atoms with E-state index in [2.05, 4.69) is 6.92 Å². The lowest BCUT2D eigenvalue weighted by atomic mass is 9.95. The van der Waals surface area contributed by atoms with Crippen LogP contribution in [0.1, 0.15) is 25.3 Å². The molecule has 1 amide bonds. The highest BCUT2D eigenvalue weighted by atomic mass is 28.4. The van der Waals surface area contributed by atoms with Crippen LogP contribution in [0.4, 0.5) is 15.5 Å². The number of benzene rings is 2. The second-order valence-electron chi connectivity index (χ2n) is 8.69. The van der Waals surface area contributed by atoms with Crippen LogP contribution in [0.25, 0.3) is 0 Å². The third-order valence-corrected chi connectivity index (χ3v) is 8.66. The van der Waals surface area contributed by atoms with Gasteiger partial charge in [0, 0.05) is 23.5 Å². The van der Waals surface area contributed by atoms with Crippen molar-refractivity contribution in [2.75, 3.05) is 11.5 Å². The SMILES string of the molecule is C[C@H]1[C@H]([Si](C)(C)F)[C@@H](CCO)O[C@H]1CCc1ccc(N(C=O)c2ccccc2)cc1. The molecule has 30 heavy (non-hydrogen) atoms. The number of hydrogen-bond donors (Lipinski definition) is 1. The van der Waals surface area contributed by atoms with Crippen molar-refractivity contribution in [3.05, 3.63) is 60.2 Å². The maximum absolute atomic E-state index is 14.9.